The Balaban J connectivity index is 2.05. The molecule has 1 aromatic heterocycles. The van der Waals surface area contributed by atoms with Crippen molar-refractivity contribution in [1.82, 2.24) is 4.57 Å². The minimum absolute atomic E-state index is 0.191. The van der Waals surface area contributed by atoms with E-state index < -0.39 is 5.97 Å². The number of carboxylic acids is 1. The SMILES string of the molecule is Cn1c(CC(=O)O)cc(=O)c2cc(Oc3ccccc3)ccc21. The van der Waals surface area contributed by atoms with Gasteiger partial charge in [0.05, 0.1) is 11.9 Å². The third-order valence-electron chi connectivity index (χ3n) is 3.63. The van der Waals surface area contributed by atoms with Gasteiger partial charge in [0.1, 0.15) is 11.5 Å². The first-order valence-corrected chi connectivity index (χ1v) is 7.12. The van der Waals surface area contributed by atoms with E-state index in [9.17, 15) is 9.59 Å². The molecule has 0 amide bonds. The second kappa shape index (κ2) is 5.96. The van der Waals surface area contributed by atoms with Crippen LogP contribution in [0.3, 0.4) is 0 Å². The Labute approximate surface area is 132 Å². The van der Waals surface area contributed by atoms with Crippen LogP contribution in [0.4, 0.5) is 0 Å². The summed E-state index contributed by atoms with van der Waals surface area (Å²) in [6.07, 6.45) is -0.191. The van der Waals surface area contributed by atoms with Crippen molar-refractivity contribution >= 4 is 16.9 Å². The molecule has 0 fully saturated rings. The van der Waals surface area contributed by atoms with Crippen LogP contribution < -0.4 is 10.2 Å². The first-order valence-electron chi connectivity index (χ1n) is 7.12. The number of aryl methyl sites for hydroxylation is 1. The monoisotopic (exact) mass is 309 g/mol. The van der Waals surface area contributed by atoms with Crippen LogP contribution in [0.1, 0.15) is 5.69 Å². The van der Waals surface area contributed by atoms with Crippen LogP contribution in [0.5, 0.6) is 11.5 Å². The Morgan fingerprint density at radius 2 is 1.83 bits per heavy atom. The van der Waals surface area contributed by atoms with E-state index in [1.54, 1.807) is 29.8 Å². The van der Waals surface area contributed by atoms with Crippen molar-refractivity contribution in [1.29, 1.82) is 0 Å². The number of pyridine rings is 1. The van der Waals surface area contributed by atoms with Gasteiger partial charge in [0, 0.05) is 24.2 Å². The Hall–Kier alpha value is -3.08. The maximum absolute atomic E-state index is 12.3. The number of hydrogen-bond donors (Lipinski definition) is 1. The molecule has 0 aliphatic heterocycles. The van der Waals surface area contributed by atoms with E-state index in [-0.39, 0.29) is 11.8 Å². The van der Waals surface area contributed by atoms with Crippen LogP contribution in [-0.4, -0.2) is 15.6 Å². The minimum atomic E-state index is -0.969. The Morgan fingerprint density at radius 3 is 2.52 bits per heavy atom. The lowest BCUT2D eigenvalue weighted by atomic mass is 10.1. The van der Waals surface area contributed by atoms with Crippen molar-refractivity contribution in [3.63, 3.8) is 0 Å². The zero-order chi connectivity index (χ0) is 16.4. The van der Waals surface area contributed by atoms with Crippen molar-refractivity contribution < 1.29 is 14.6 Å². The number of para-hydroxylation sites is 1. The van der Waals surface area contributed by atoms with Gasteiger partial charge < -0.3 is 14.4 Å². The van der Waals surface area contributed by atoms with Gasteiger partial charge >= 0.3 is 5.97 Å². The molecule has 0 radical (unpaired) electrons. The lowest BCUT2D eigenvalue weighted by Gasteiger charge is -2.12. The molecule has 116 valence electrons. The van der Waals surface area contributed by atoms with Crippen LogP contribution in [0.25, 0.3) is 10.9 Å². The van der Waals surface area contributed by atoms with E-state index in [0.717, 1.165) is 0 Å². The molecule has 1 heterocycles. The summed E-state index contributed by atoms with van der Waals surface area (Å²) in [4.78, 5) is 23.2. The number of carbonyl (C=O) groups is 1. The molecule has 0 aliphatic carbocycles. The maximum Gasteiger partial charge on any atom is 0.309 e. The van der Waals surface area contributed by atoms with Crippen molar-refractivity contribution in [3.8, 4) is 11.5 Å². The van der Waals surface area contributed by atoms with Gasteiger partial charge in [-0.2, -0.15) is 0 Å². The average Bonchev–Trinajstić information content (AvgIpc) is 2.53. The molecule has 5 heteroatoms. The van der Waals surface area contributed by atoms with Crippen LogP contribution in [-0.2, 0) is 18.3 Å². The predicted molar refractivity (Wildman–Crippen MR) is 87.0 cm³/mol. The lowest BCUT2D eigenvalue weighted by Crippen LogP contribution is -2.14. The predicted octanol–water partition coefficient (Wildman–Crippen LogP) is 2.96. The van der Waals surface area contributed by atoms with E-state index in [0.29, 0.717) is 28.1 Å². The molecule has 5 nitrogen and oxygen atoms in total. The zero-order valence-electron chi connectivity index (χ0n) is 12.5. The van der Waals surface area contributed by atoms with Crippen molar-refractivity contribution in [2.45, 2.75) is 6.42 Å². The summed E-state index contributed by atoms with van der Waals surface area (Å²) in [6, 6.07) is 15.9. The van der Waals surface area contributed by atoms with E-state index in [1.165, 1.54) is 6.07 Å². The van der Waals surface area contributed by atoms with Crippen LogP contribution in [0.2, 0.25) is 0 Å². The quantitative estimate of drug-likeness (QED) is 0.804. The average molecular weight is 309 g/mol. The van der Waals surface area contributed by atoms with Crippen LogP contribution >= 0.6 is 0 Å². The highest BCUT2D eigenvalue weighted by Crippen LogP contribution is 2.24. The number of ether oxygens (including phenoxy) is 1. The summed E-state index contributed by atoms with van der Waals surface area (Å²) in [7, 11) is 1.75. The summed E-state index contributed by atoms with van der Waals surface area (Å²) in [6.45, 7) is 0. The molecule has 0 saturated carbocycles. The second-order valence-electron chi connectivity index (χ2n) is 5.22. The van der Waals surface area contributed by atoms with Crippen LogP contribution in [0.15, 0.2) is 59.4 Å². The van der Waals surface area contributed by atoms with Gasteiger partial charge in [-0.15, -0.1) is 0 Å². The van der Waals surface area contributed by atoms with E-state index >= 15 is 0 Å². The molecule has 1 N–H and O–H groups in total. The van der Waals surface area contributed by atoms with Gasteiger partial charge in [-0.1, -0.05) is 18.2 Å². The molecule has 0 atom stereocenters. The number of aliphatic carboxylic acids is 1. The number of fused-ring (bicyclic) bond motifs is 1. The number of carboxylic acid groups (broad SMARTS) is 1. The minimum Gasteiger partial charge on any atom is -0.481 e. The number of benzene rings is 2. The molecule has 0 saturated heterocycles. The second-order valence-corrected chi connectivity index (χ2v) is 5.22. The van der Waals surface area contributed by atoms with E-state index in [1.807, 2.05) is 30.3 Å². The summed E-state index contributed by atoms with van der Waals surface area (Å²) < 4.78 is 7.45. The smallest absolute Gasteiger partial charge is 0.309 e. The molecule has 0 spiro atoms. The fraction of sp³-hybridized carbons (Fsp3) is 0.111. The number of hydrogen-bond acceptors (Lipinski definition) is 3. The topological polar surface area (TPSA) is 68.5 Å². The van der Waals surface area contributed by atoms with Crippen molar-refractivity contribution in [2.75, 3.05) is 0 Å². The van der Waals surface area contributed by atoms with Gasteiger partial charge in [-0.25, -0.2) is 0 Å². The molecular weight excluding hydrogens is 294 g/mol. The number of rotatable bonds is 4. The molecule has 0 aliphatic rings. The largest absolute Gasteiger partial charge is 0.481 e. The first-order chi connectivity index (χ1) is 11.0. The molecular formula is C18H15NO4. The van der Waals surface area contributed by atoms with E-state index in [2.05, 4.69) is 0 Å². The fourth-order valence-corrected chi connectivity index (χ4v) is 2.50. The number of aromatic nitrogens is 1. The van der Waals surface area contributed by atoms with Gasteiger partial charge in [-0.3, -0.25) is 9.59 Å². The Kier molecular flexibility index (Phi) is 3.85. The third-order valence-corrected chi connectivity index (χ3v) is 3.63. The van der Waals surface area contributed by atoms with Gasteiger partial charge in [0.25, 0.3) is 0 Å². The summed E-state index contributed by atoms with van der Waals surface area (Å²) in [5.74, 6) is 0.279. The Bertz CT molecular complexity index is 929. The summed E-state index contributed by atoms with van der Waals surface area (Å²) >= 11 is 0. The van der Waals surface area contributed by atoms with E-state index in [4.69, 9.17) is 9.84 Å². The summed E-state index contributed by atoms with van der Waals surface area (Å²) in [5.41, 5.74) is 0.925. The summed E-state index contributed by atoms with van der Waals surface area (Å²) in [5, 5.41) is 9.42. The number of nitrogens with zero attached hydrogens (tertiary/aromatic N) is 1. The highest BCUT2D eigenvalue weighted by molar-refractivity contribution is 5.82. The molecule has 3 rings (SSSR count). The highest BCUT2D eigenvalue weighted by Gasteiger charge is 2.10. The molecule has 2 aromatic carbocycles. The van der Waals surface area contributed by atoms with Crippen LogP contribution in [0, 0.1) is 0 Å². The fourth-order valence-electron chi connectivity index (χ4n) is 2.50. The molecule has 0 bridgehead atoms. The maximum atomic E-state index is 12.3. The normalized spacial score (nSPS) is 10.7. The Morgan fingerprint density at radius 1 is 1.09 bits per heavy atom. The van der Waals surface area contributed by atoms with Crippen molar-refractivity contribution in [3.05, 3.63) is 70.5 Å². The van der Waals surface area contributed by atoms with Gasteiger partial charge in [0.15, 0.2) is 5.43 Å². The standard InChI is InChI=1S/C18H15NO4/c1-19-12(10-18(21)22)9-17(20)15-11-14(7-8-16(15)19)23-13-5-3-2-4-6-13/h2-9,11H,10H2,1H3,(H,21,22). The first kappa shape index (κ1) is 14.8. The van der Waals surface area contributed by atoms with Crippen molar-refractivity contribution in [2.24, 2.45) is 7.05 Å². The zero-order valence-corrected chi connectivity index (χ0v) is 12.5. The molecule has 0 unspecified atom stereocenters. The van der Waals surface area contributed by atoms with Gasteiger partial charge in [-0.05, 0) is 30.3 Å². The highest BCUT2D eigenvalue weighted by atomic mass is 16.5. The molecule has 3 aromatic rings. The lowest BCUT2D eigenvalue weighted by molar-refractivity contribution is -0.136. The molecule has 23 heavy (non-hydrogen) atoms. The third kappa shape index (κ3) is 3.08. The van der Waals surface area contributed by atoms with Gasteiger partial charge in [0.2, 0.25) is 0 Å².